The Morgan fingerprint density at radius 2 is 1.74 bits per heavy atom. The van der Waals surface area contributed by atoms with E-state index in [-0.39, 0.29) is 5.41 Å². The molecular formula is C19H24O4. The van der Waals surface area contributed by atoms with Gasteiger partial charge in [0.15, 0.2) is 0 Å². The van der Waals surface area contributed by atoms with Gasteiger partial charge in [0, 0.05) is 0 Å². The monoisotopic (exact) mass is 316 g/mol. The van der Waals surface area contributed by atoms with Crippen molar-refractivity contribution in [3.8, 4) is 0 Å². The van der Waals surface area contributed by atoms with Gasteiger partial charge in [-0.05, 0) is 49.7 Å². The van der Waals surface area contributed by atoms with Crippen LogP contribution in [0, 0.1) is 10.8 Å². The van der Waals surface area contributed by atoms with Crippen LogP contribution in [0.3, 0.4) is 0 Å². The van der Waals surface area contributed by atoms with Gasteiger partial charge in [0.25, 0.3) is 0 Å². The third-order valence-electron chi connectivity index (χ3n) is 6.01. The molecule has 1 aromatic rings. The highest BCUT2D eigenvalue weighted by Gasteiger charge is 2.62. The number of carbonyl (C=O) groups excluding carboxylic acids is 1. The lowest BCUT2D eigenvalue weighted by atomic mass is 9.61. The van der Waals surface area contributed by atoms with Gasteiger partial charge in [0.2, 0.25) is 0 Å². The molecule has 0 bridgehead atoms. The molecule has 0 saturated heterocycles. The van der Waals surface area contributed by atoms with Gasteiger partial charge in [-0.2, -0.15) is 0 Å². The minimum absolute atomic E-state index is 0.281. The maximum absolute atomic E-state index is 12.4. The fraction of sp³-hybridized carbons (Fsp3) is 0.579. The minimum atomic E-state index is -0.937. The van der Waals surface area contributed by atoms with Crippen LogP contribution in [0.5, 0.6) is 0 Å². The topological polar surface area (TPSA) is 63.6 Å². The highest BCUT2D eigenvalue weighted by molar-refractivity contribution is 5.90. The molecule has 0 amide bonds. The third kappa shape index (κ3) is 2.54. The second-order valence-electron chi connectivity index (χ2n) is 7.20. The largest absolute Gasteiger partial charge is 0.481 e. The van der Waals surface area contributed by atoms with Crippen LogP contribution in [0.4, 0.5) is 0 Å². The predicted molar refractivity (Wildman–Crippen MR) is 86.1 cm³/mol. The number of carbonyl (C=O) groups is 2. The molecule has 4 heteroatoms. The van der Waals surface area contributed by atoms with Gasteiger partial charge in [-0.1, -0.05) is 38.0 Å². The number of carboxylic acid groups (broad SMARTS) is 1. The van der Waals surface area contributed by atoms with Crippen molar-refractivity contribution < 1.29 is 19.4 Å². The number of hydrogen-bond acceptors (Lipinski definition) is 3. The first-order valence-corrected chi connectivity index (χ1v) is 8.49. The van der Waals surface area contributed by atoms with Crippen LogP contribution in [0.2, 0.25) is 0 Å². The van der Waals surface area contributed by atoms with E-state index in [2.05, 4.69) is 6.92 Å². The van der Waals surface area contributed by atoms with Gasteiger partial charge in [-0.25, -0.2) is 4.79 Å². The summed E-state index contributed by atoms with van der Waals surface area (Å²) in [7, 11) is 0. The second kappa shape index (κ2) is 5.99. The van der Waals surface area contributed by atoms with Crippen molar-refractivity contribution >= 4 is 11.9 Å². The van der Waals surface area contributed by atoms with Gasteiger partial charge >= 0.3 is 11.9 Å². The van der Waals surface area contributed by atoms with E-state index >= 15 is 0 Å². The standard InChI is InChI=1S/C19H24O4/c1-18(11-5-6-12-18)19(17(21)22)13-7-10-15(19)23-16(20)14-8-3-2-4-9-14/h2-4,8-9,15H,5-7,10-13H2,1H3,(H,21,22). The first kappa shape index (κ1) is 16.0. The van der Waals surface area contributed by atoms with Gasteiger partial charge in [-0.3, -0.25) is 4.79 Å². The summed E-state index contributed by atoms with van der Waals surface area (Å²) in [6, 6.07) is 8.82. The molecular weight excluding hydrogens is 292 g/mol. The van der Waals surface area contributed by atoms with E-state index in [4.69, 9.17) is 4.74 Å². The van der Waals surface area contributed by atoms with E-state index in [1.54, 1.807) is 24.3 Å². The van der Waals surface area contributed by atoms with Crippen molar-refractivity contribution in [2.75, 3.05) is 0 Å². The molecule has 23 heavy (non-hydrogen) atoms. The average Bonchev–Trinajstić information content (AvgIpc) is 3.16. The maximum atomic E-state index is 12.4. The molecule has 2 atom stereocenters. The zero-order valence-corrected chi connectivity index (χ0v) is 13.6. The normalized spacial score (nSPS) is 29.3. The second-order valence-corrected chi connectivity index (χ2v) is 7.20. The van der Waals surface area contributed by atoms with E-state index in [0.717, 1.165) is 32.1 Å². The molecule has 2 unspecified atom stereocenters. The number of ether oxygens (including phenoxy) is 1. The van der Waals surface area contributed by atoms with Crippen molar-refractivity contribution in [3.63, 3.8) is 0 Å². The maximum Gasteiger partial charge on any atom is 0.338 e. The Bertz CT molecular complexity index is 589. The van der Waals surface area contributed by atoms with Crippen molar-refractivity contribution in [3.05, 3.63) is 35.9 Å². The molecule has 0 heterocycles. The van der Waals surface area contributed by atoms with Crippen LogP contribution in [-0.2, 0) is 9.53 Å². The van der Waals surface area contributed by atoms with Gasteiger partial charge in [0.05, 0.1) is 5.56 Å². The minimum Gasteiger partial charge on any atom is -0.481 e. The fourth-order valence-corrected chi connectivity index (χ4v) is 4.70. The third-order valence-corrected chi connectivity index (χ3v) is 6.01. The molecule has 0 radical (unpaired) electrons. The molecule has 1 aromatic carbocycles. The summed E-state index contributed by atoms with van der Waals surface area (Å²) >= 11 is 0. The van der Waals surface area contributed by atoms with Crippen LogP contribution in [0.1, 0.15) is 62.2 Å². The molecule has 2 aliphatic carbocycles. The average molecular weight is 316 g/mol. The molecule has 1 N–H and O–H groups in total. The lowest BCUT2D eigenvalue weighted by Gasteiger charge is -2.44. The van der Waals surface area contributed by atoms with E-state index in [1.807, 2.05) is 6.07 Å². The van der Waals surface area contributed by atoms with Crippen molar-refractivity contribution in [1.29, 1.82) is 0 Å². The van der Waals surface area contributed by atoms with Crippen molar-refractivity contribution in [2.45, 2.75) is 58.0 Å². The summed E-state index contributed by atoms with van der Waals surface area (Å²) in [6.45, 7) is 2.07. The molecule has 124 valence electrons. The van der Waals surface area contributed by atoms with Crippen LogP contribution in [0.15, 0.2) is 30.3 Å². The molecule has 2 aliphatic rings. The number of aliphatic carboxylic acids is 1. The van der Waals surface area contributed by atoms with Crippen LogP contribution in [-0.4, -0.2) is 23.1 Å². The van der Waals surface area contributed by atoms with Crippen molar-refractivity contribution in [2.24, 2.45) is 10.8 Å². The molecule has 0 aromatic heterocycles. The Labute approximate surface area is 136 Å². The first-order valence-electron chi connectivity index (χ1n) is 8.49. The van der Waals surface area contributed by atoms with Gasteiger partial charge in [-0.15, -0.1) is 0 Å². The van der Waals surface area contributed by atoms with Gasteiger partial charge < -0.3 is 9.84 Å². The Kier molecular flexibility index (Phi) is 4.17. The fourth-order valence-electron chi connectivity index (χ4n) is 4.70. The van der Waals surface area contributed by atoms with E-state index in [1.165, 1.54) is 0 Å². The SMILES string of the molecule is CC1(C2(C(=O)O)CCCC2OC(=O)c2ccccc2)CCCC1. The molecule has 3 rings (SSSR count). The molecule has 0 aliphatic heterocycles. The predicted octanol–water partition coefficient (Wildman–Crippen LogP) is 4.05. The number of carboxylic acids is 1. The lowest BCUT2D eigenvalue weighted by molar-refractivity contribution is -0.167. The van der Waals surface area contributed by atoms with Crippen LogP contribution < -0.4 is 0 Å². The summed E-state index contributed by atoms with van der Waals surface area (Å²) in [5.74, 6) is -1.21. The molecule has 0 spiro atoms. The molecule has 4 nitrogen and oxygen atoms in total. The quantitative estimate of drug-likeness (QED) is 0.851. The van der Waals surface area contributed by atoms with Crippen molar-refractivity contribution in [1.82, 2.24) is 0 Å². The highest BCUT2D eigenvalue weighted by atomic mass is 16.5. The number of rotatable bonds is 4. The Morgan fingerprint density at radius 3 is 2.35 bits per heavy atom. The summed E-state index contributed by atoms with van der Waals surface area (Å²) in [6.07, 6.45) is 5.43. The number of benzene rings is 1. The summed E-state index contributed by atoms with van der Waals surface area (Å²) < 4.78 is 5.73. The van der Waals surface area contributed by atoms with Crippen LogP contribution >= 0.6 is 0 Å². The molecule has 2 fully saturated rings. The van der Waals surface area contributed by atoms with E-state index < -0.39 is 23.5 Å². The Morgan fingerprint density at radius 1 is 1.09 bits per heavy atom. The Hall–Kier alpha value is -1.84. The highest BCUT2D eigenvalue weighted by Crippen LogP contribution is 2.59. The number of hydrogen-bond donors (Lipinski definition) is 1. The number of esters is 1. The summed E-state index contributed by atoms with van der Waals surface area (Å²) in [5, 5.41) is 10.1. The van der Waals surface area contributed by atoms with E-state index in [0.29, 0.717) is 18.4 Å². The first-order chi connectivity index (χ1) is 11.0. The lowest BCUT2D eigenvalue weighted by Crippen LogP contribution is -2.51. The molecule has 2 saturated carbocycles. The Balaban J connectivity index is 1.88. The zero-order valence-electron chi connectivity index (χ0n) is 13.6. The smallest absolute Gasteiger partial charge is 0.338 e. The van der Waals surface area contributed by atoms with Crippen LogP contribution in [0.25, 0.3) is 0 Å². The van der Waals surface area contributed by atoms with Gasteiger partial charge in [0.1, 0.15) is 11.5 Å². The van der Waals surface area contributed by atoms with E-state index in [9.17, 15) is 14.7 Å². The summed E-state index contributed by atoms with van der Waals surface area (Å²) in [4.78, 5) is 24.7. The summed E-state index contributed by atoms with van der Waals surface area (Å²) in [5.41, 5.74) is -0.736. The zero-order chi connectivity index (χ0) is 16.5.